The second-order valence-corrected chi connectivity index (χ2v) is 5.65. The summed E-state index contributed by atoms with van der Waals surface area (Å²) in [5.41, 5.74) is 0. The van der Waals surface area contributed by atoms with Gasteiger partial charge in [0.15, 0.2) is 0 Å². The van der Waals surface area contributed by atoms with Gasteiger partial charge < -0.3 is 25.4 Å². The van der Waals surface area contributed by atoms with E-state index in [1.54, 1.807) is 21.2 Å². The highest BCUT2D eigenvalue weighted by atomic mass is 16.5. The van der Waals surface area contributed by atoms with Crippen LogP contribution in [0.1, 0.15) is 13.8 Å². The summed E-state index contributed by atoms with van der Waals surface area (Å²) < 4.78 is 5.42. The number of hydrogen-bond donors (Lipinski definition) is 3. The van der Waals surface area contributed by atoms with Gasteiger partial charge in [-0.1, -0.05) is 0 Å². The third-order valence-corrected chi connectivity index (χ3v) is 3.48. The first kappa shape index (κ1) is 21.1. The van der Waals surface area contributed by atoms with Crippen molar-refractivity contribution < 1.29 is 24.2 Å². The first-order chi connectivity index (χ1) is 10.8. The Morgan fingerprint density at radius 2 is 1.96 bits per heavy atom. The molecular formula is C14H28N4O5. The molecule has 1 aliphatic heterocycles. The van der Waals surface area contributed by atoms with Gasteiger partial charge in [0.25, 0.3) is 6.47 Å². The van der Waals surface area contributed by atoms with Gasteiger partial charge in [0.05, 0.1) is 18.7 Å². The predicted octanol–water partition coefficient (Wildman–Crippen LogP) is -0.818. The van der Waals surface area contributed by atoms with Crippen LogP contribution in [0.3, 0.4) is 0 Å². The van der Waals surface area contributed by atoms with Crippen molar-refractivity contribution in [1.82, 2.24) is 20.4 Å². The maximum atomic E-state index is 11.8. The topological polar surface area (TPSA) is 111 Å². The van der Waals surface area contributed by atoms with E-state index in [9.17, 15) is 9.59 Å². The number of hydrogen-bond acceptors (Lipinski definition) is 5. The summed E-state index contributed by atoms with van der Waals surface area (Å²) in [7, 11) is 4.92. The lowest BCUT2D eigenvalue weighted by molar-refractivity contribution is -0.123. The Bertz CT molecular complexity index is 389. The molecule has 3 N–H and O–H groups in total. The SMILES string of the molecule is CO[C@H]1CN(C(C)C)C[C@@H]1NC(=O)CNC(=O)N(C)C.O=CO. The standard InChI is InChI=1S/C13H26N4O3.CH2O2/c1-9(2)17-7-10(11(8-17)20-5)15-12(18)6-14-13(19)16(3)4;2-1-3/h9-11H,6-8H2,1-5H3,(H,14,19)(H,15,18);1H,(H,2,3)/t10-,11-;/m0./s1. The highest BCUT2D eigenvalue weighted by Gasteiger charge is 2.34. The molecule has 9 heteroatoms. The molecule has 0 radical (unpaired) electrons. The van der Waals surface area contributed by atoms with Crippen LogP contribution in [-0.2, 0) is 14.3 Å². The molecule has 23 heavy (non-hydrogen) atoms. The minimum atomic E-state index is -0.279. The maximum Gasteiger partial charge on any atom is 0.317 e. The van der Waals surface area contributed by atoms with Crippen molar-refractivity contribution in [2.45, 2.75) is 32.0 Å². The number of rotatable bonds is 5. The van der Waals surface area contributed by atoms with Crippen LogP contribution >= 0.6 is 0 Å². The van der Waals surface area contributed by atoms with E-state index in [-0.39, 0.29) is 37.1 Å². The average molecular weight is 332 g/mol. The van der Waals surface area contributed by atoms with Crippen molar-refractivity contribution in [1.29, 1.82) is 0 Å². The number of likely N-dealkylation sites (tertiary alicyclic amines) is 1. The number of carboxylic acid groups (broad SMARTS) is 1. The third kappa shape index (κ3) is 7.80. The number of carbonyl (C=O) groups is 3. The molecule has 0 aliphatic carbocycles. The van der Waals surface area contributed by atoms with Gasteiger partial charge in [0.1, 0.15) is 0 Å². The molecule has 1 fully saturated rings. The van der Waals surface area contributed by atoms with Crippen LogP contribution in [0.15, 0.2) is 0 Å². The van der Waals surface area contributed by atoms with Crippen molar-refractivity contribution in [3.05, 3.63) is 0 Å². The summed E-state index contributed by atoms with van der Waals surface area (Å²) in [4.78, 5) is 35.2. The van der Waals surface area contributed by atoms with Crippen LogP contribution in [0.25, 0.3) is 0 Å². The average Bonchev–Trinajstić information content (AvgIpc) is 2.88. The first-order valence-electron chi connectivity index (χ1n) is 7.36. The van der Waals surface area contributed by atoms with Crippen molar-refractivity contribution in [3.8, 4) is 0 Å². The number of methoxy groups -OCH3 is 1. The van der Waals surface area contributed by atoms with Crippen LogP contribution in [-0.4, -0.2) is 92.3 Å². The van der Waals surface area contributed by atoms with Crippen molar-refractivity contribution in [2.75, 3.05) is 40.8 Å². The van der Waals surface area contributed by atoms with Gasteiger partial charge in [-0.05, 0) is 13.8 Å². The maximum absolute atomic E-state index is 11.8. The highest BCUT2D eigenvalue weighted by molar-refractivity contribution is 5.84. The smallest absolute Gasteiger partial charge is 0.317 e. The van der Waals surface area contributed by atoms with E-state index in [4.69, 9.17) is 14.6 Å². The fourth-order valence-electron chi connectivity index (χ4n) is 2.17. The molecule has 0 unspecified atom stereocenters. The molecule has 0 bridgehead atoms. The summed E-state index contributed by atoms with van der Waals surface area (Å²) in [6, 6.07) is 0.104. The minimum Gasteiger partial charge on any atom is -0.483 e. The molecule has 3 amide bonds. The zero-order valence-corrected chi connectivity index (χ0v) is 14.4. The lowest BCUT2D eigenvalue weighted by atomic mass is 10.2. The highest BCUT2D eigenvalue weighted by Crippen LogP contribution is 2.15. The molecule has 0 saturated carbocycles. The molecular weight excluding hydrogens is 304 g/mol. The normalized spacial score (nSPS) is 20.4. The van der Waals surface area contributed by atoms with Crippen molar-refractivity contribution >= 4 is 18.4 Å². The van der Waals surface area contributed by atoms with Crippen LogP contribution in [0, 0.1) is 0 Å². The lowest BCUT2D eigenvalue weighted by Gasteiger charge is -2.20. The van der Waals surface area contributed by atoms with Crippen LogP contribution in [0.4, 0.5) is 4.79 Å². The number of nitrogens with one attached hydrogen (secondary N) is 2. The summed E-state index contributed by atoms with van der Waals surface area (Å²) in [6.07, 6.45) is -0.00843. The summed E-state index contributed by atoms with van der Waals surface area (Å²) >= 11 is 0. The van der Waals surface area contributed by atoms with Crippen molar-refractivity contribution in [2.24, 2.45) is 0 Å². The van der Waals surface area contributed by atoms with E-state index >= 15 is 0 Å². The summed E-state index contributed by atoms with van der Waals surface area (Å²) in [5, 5.41) is 12.4. The predicted molar refractivity (Wildman–Crippen MR) is 85.2 cm³/mol. The second kappa shape index (κ2) is 10.8. The monoisotopic (exact) mass is 332 g/mol. The van der Waals surface area contributed by atoms with E-state index in [1.807, 2.05) is 0 Å². The van der Waals surface area contributed by atoms with Gasteiger partial charge in [-0.25, -0.2) is 4.79 Å². The Hall–Kier alpha value is -1.87. The van der Waals surface area contributed by atoms with E-state index in [1.165, 1.54) is 4.90 Å². The quantitative estimate of drug-likeness (QED) is 0.567. The van der Waals surface area contributed by atoms with Crippen LogP contribution in [0.5, 0.6) is 0 Å². The molecule has 2 atom stereocenters. The Morgan fingerprint density at radius 1 is 1.39 bits per heavy atom. The van der Waals surface area contributed by atoms with Crippen LogP contribution in [0.2, 0.25) is 0 Å². The molecule has 1 heterocycles. The second-order valence-electron chi connectivity index (χ2n) is 5.65. The van der Waals surface area contributed by atoms with Gasteiger partial charge in [0.2, 0.25) is 5.91 Å². The zero-order chi connectivity index (χ0) is 18.0. The first-order valence-corrected chi connectivity index (χ1v) is 7.36. The summed E-state index contributed by atoms with van der Waals surface area (Å²) in [6.45, 7) is 5.54. The van der Waals surface area contributed by atoms with Gasteiger partial charge in [0, 0.05) is 40.3 Å². The number of nitrogens with zero attached hydrogens (tertiary/aromatic N) is 2. The molecule has 1 aliphatic rings. The lowest BCUT2D eigenvalue weighted by Crippen LogP contribution is -2.48. The van der Waals surface area contributed by atoms with Gasteiger partial charge in [-0.2, -0.15) is 0 Å². The molecule has 1 saturated heterocycles. The third-order valence-electron chi connectivity index (χ3n) is 3.48. The summed E-state index contributed by atoms with van der Waals surface area (Å²) in [5.74, 6) is -0.196. The number of ether oxygens (including phenoxy) is 1. The number of carbonyl (C=O) groups excluding carboxylic acids is 2. The van der Waals surface area contributed by atoms with E-state index in [2.05, 4.69) is 29.4 Å². The number of amides is 3. The molecule has 0 aromatic heterocycles. The van der Waals surface area contributed by atoms with Gasteiger partial charge in [-0.3, -0.25) is 14.5 Å². The Kier molecular flexibility index (Phi) is 9.91. The molecule has 0 aromatic rings. The van der Waals surface area contributed by atoms with E-state index < -0.39 is 0 Å². The van der Waals surface area contributed by atoms with Gasteiger partial charge >= 0.3 is 6.03 Å². The van der Waals surface area contributed by atoms with Gasteiger partial charge in [-0.15, -0.1) is 0 Å². The van der Waals surface area contributed by atoms with E-state index in [0.717, 1.165) is 13.1 Å². The molecule has 0 spiro atoms. The molecule has 1 rings (SSSR count). The molecule has 9 nitrogen and oxygen atoms in total. The zero-order valence-electron chi connectivity index (χ0n) is 14.4. The number of urea groups is 1. The Balaban J connectivity index is 0.00000149. The molecule has 134 valence electrons. The van der Waals surface area contributed by atoms with Crippen molar-refractivity contribution in [3.63, 3.8) is 0 Å². The fraction of sp³-hybridized carbons (Fsp3) is 0.786. The molecule has 0 aromatic carbocycles. The Morgan fingerprint density at radius 3 is 2.39 bits per heavy atom. The Labute approximate surface area is 136 Å². The largest absolute Gasteiger partial charge is 0.483 e. The van der Waals surface area contributed by atoms with E-state index in [0.29, 0.717) is 6.04 Å². The minimum absolute atomic E-state index is 0.00843. The fourth-order valence-corrected chi connectivity index (χ4v) is 2.17. The van der Waals surface area contributed by atoms with Crippen LogP contribution < -0.4 is 10.6 Å².